The van der Waals surface area contributed by atoms with Crippen LogP contribution in [0.5, 0.6) is 5.88 Å². The van der Waals surface area contributed by atoms with Crippen molar-refractivity contribution in [2.24, 2.45) is 0 Å². The number of nitrogens with zero attached hydrogens (tertiary/aromatic N) is 4. The minimum atomic E-state index is -1.15. The fourth-order valence-corrected chi connectivity index (χ4v) is 3.80. The van der Waals surface area contributed by atoms with E-state index in [9.17, 15) is 29.1 Å². The van der Waals surface area contributed by atoms with Crippen molar-refractivity contribution in [1.82, 2.24) is 25.1 Å². The first kappa shape index (κ1) is 30.1. The Morgan fingerprint density at radius 3 is 2.35 bits per heavy atom. The van der Waals surface area contributed by atoms with E-state index in [4.69, 9.17) is 14.3 Å². The van der Waals surface area contributed by atoms with Crippen LogP contribution in [-0.2, 0) is 24.0 Å². The highest BCUT2D eigenvalue weighted by Gasteiger charge is 2.31. The first-order valence-corrected chi connectivity index (χ1v) is 12.8. The number of hydrogen-bond donors (Lipinski definition) is 2. The number of carbonyl (C=O) groups is 5. The summed E-state index contributed by atoms with van der Waals surface area (Å²) in [7, 11) is 0. The third-order valence-electron chi connectivity index (χ3n) is 6.05. The van der Waals surface area contributed by atoms with Crippen LogP contribution in [0.4, 0.5) is 4.79 Å². The molecule has 1 fully saturated rings. The second-order valence-electron chi connectivity index (χ2n) is 8.97. The number of carboxylic acids is 1. The van der Waals surface area contributed by atoms with Crippen molar-refractivity contribution >= 4 is 29.7 Å². The number of hydrogen-bond acceptors (Lipinski definition) is 10. The van der Waals surface area contributed by atoms with Gasteiger partial charge in [0.25, 0.3) is 5.91 Å². The molecule has 2 aromatic rings. The topological polar surface area (TPSA) is 170 Å². The fraction of sp³-hybridized carbons (Fsp3) is 0.462. The predicted octanol–water partition coefficient (Wildman–Crippen LogP) is 1.42. The van der Waals surface area contributed by atoms with Crippen LogP contribution >= 0.6 is 0 Å². The highest BCUT2D eigenvalue weighted by Crippen LogP contribution is 2.21. The molecular weight excluding hydrogens is 526 g/mol. The second-order valence-corrected chi connectivity index (χ2v) is 8.97. The molecule has 1 aliphatic rings. The molecule has 0 bridgehead atoms. The number of aromatic nitrogens is 2. The normalized spacial score (nSPS) is 15.0. The number of ketones is 1. The van der Waals surface area contributed by atoms with Gasteiger partial charge in [0.2, 0.25) is 11.8 Å². The van der Waals surface area contributed by atoms with Crippen molar-refractivity contribution < 1.29 is 43.4 Å². The minimum Gasteiger partial charge on any atom is -0.481 e. The molecule has 14 nitrogen and oxygen atoms in total. The van der Waals surface area contributed by atoms with E-state index in [0.717, 1.165) is 0 Å². The summed E-state index contributed by atoms with van der Waals surface area (Å²) in [6, 6.07) is 9.03. The van der Waals surface area contributed by atoms with E-state index >= 15 is 0 Å². The lowest BCUT2D eigenvalue weighted by Crippen LogP contribution is -2.55. The quantitative estimate of drug-likeness (QED) is 0.361. The van der Waals surface area contributed by atoms with Gasteiger partial charge in [-0.2, -0.15) is 5.10 Å². The van der Waals surface area contributed by atoms with E-state index in [1.54, 1.807) is 44.2 Å². The number of hydroxylamine groups is 2. The molecule has 0 radical (unpaired) electrons. The summed E-state index contributed by atoms with van der Waals surface area (Å²) in [4.78, 5) is 67.6. The van der Waals surface area contributed by atoms with Crippen molar-refractivity contribution in [2.45, 2.75) is 45.8 Å². The van der Waals surface area contributed by atoms with Gasteiger partial charge in [-0.25, -0.2) is 9.48 Å². The molecule has 1 saturated heterocycles. The molecule has 0 spiro atoms. The first-order chi connectivity index (χ1) is 19.1. The molecule has 40 heavy (non-hydrogen) atoms. The average Bonchev–Trinajstić information content (AvgIpc) is 3.35. The lowest BCUT2D eigenvalue weighted by atomic mass is 10.1. The van der Waals surface area contributed by atoms with Gasteiger partial charge in [0.15, 0.2) is 17.6 Å². The highest BCUT2D eigenvalue weighted by molar-refractivity contribution is 5.96. The lowest BCUT2D eigenvalue weighted by molar-refractivity contribution is -0.157. The van der Waals surface area contributed by atoms with Crippen LogP contribution in [0, 0.1) is 0 Å². The zero-order valence-corrected chi connectivity index (χ0v) is 22.6. The van der Waals surface area contributed by atoms with E-state index in [2.05, 4.69) is 10.4 Å². The summed E-state index contributed by atoms with van der Waals surface area (Å²) in [6.07, 6.45) is -2.15. The Morgan fingerprint density at radius 1 is 1.07 bits per heavy atom. The number of nitrogens with one attached hydrogen (secondary N) is 1. The zero-order chi connectivity index (χ0) is 29.2. The fourth-order valence-electron chi connectivity index (χ4n) is 3.80. The van der Waals surface area contributed by atoms with Gasteiger partial charge in [-0.3, -0.25) is 19.2 Å². The summed E-state index contributed by atoms with van der Waals surface area (Å²) in [5.74, 6) is -2.40. The van der Waals surface area contributed by atoms with Crippen LogP contribution in [0.3, 0.4) is 0 Å². The monoisotopic (exact) mass is 559 g/mol. The maximum Gasteiger partial charge on any atom is 0.527 e. The molecule has 0 aliphatic carbocycles. The number of para-hydroxylation sites is 1. The molecule has 3 rings (SSSR count). The molecule has 14 heteroatoms. The van der Waals surface area contributed by atoms with Crippen molar-refractivity contribution in [2.75, 3.05) is 32.8 Å². The standard InChI is InChI=1S/C26H33N5O9/c1-4-38-26(37)40-30-14-12-29(13-15-30)25(36)20(10-11-23(33)34)27-24(35)21-16-22(39-18(3)17(2)32)31(28-21)19-8-6-5-7-9-19/h5-9,16,18,20H,4,10-15H2,1-3H3,(H,27,35)(H,33,34)/t18-,20?/m0/s1. The molecule has 1 unspecified atom stereocenters. The van der Waals surface area contributed by atoms with E-state index in [-0.39, 0.29) is 63.0 Å². The van der Waals surface area contributed by atoms with Gasteiger partial charge in [-0.15, -0.1) is 5.06 Å². The number of aliphatic carboxylic acids is 1. The summed E-state index contributed by atoms with van der Waals surface area (Å²) >= 11 is 0. The zero-order valence-electron chi connectivity index (χ0n) is 22.6. The van der Waals surface area contributed by atoms with E-state index < -0.39 is 36.1 Å². The Hall–Kier alpha value is -4.46. The molecule has 1 aromatic carbocycles. The van der Waals surface area contributed by atoms with Crippen LogP contribution < -0.4 is 10.1 Å². The third kappa shape index (κ3) is 8.27. The van der Waals surface area contributed by atoms with Gasteiger partial charge in [0.05, 0.1) is 25.4 Å². The maximum atomic E-state index is 13.3. The number of benzene rings is 1. The van der Waals surface area contributed by atoms with Gasteiger partial charge in [-0.1, -0.05) is 18.2 Å². The second kappa shape index (κ2) is 14.1. The molecule has 2 atom stereocenters. The van der Waals surface area contributed by atoms with Crippen LogP contribution in [0.15, 0.2) is 36.4 Å². The minimum absolute atomic E-state index is 0.0876. The largest absolute Gasteiger partial charge is 0.527 e. The van der Waals surface area contributed by atoms with E-state index in [0.29, 0.717) is 5.69 Å². The van der Waals surface area contributed by atoms with Gasteiger partial charge >= 0.3 is 12.1 Å². The van der Waals surface area contributed by atoms with E-state index in [1.807, 2.05) is 0 Å². The molecule has 1 aliphatic heterocycles. The van der Waals surface area contributed by atoms with Crippen LogP contribution in [0.25, 0.3) is 5.69 Å². The Bertz CT molecular complexity index is 1210. The first-order valence-electron chi connectivity index (χ1n) is 12.8. The highest BCUT2D eigenvalue weighted by atomic mass is 16.8. The Balaban J connectivity index is 1.75. The van der Waals surface area contributed by atoms with Gasteiger partial charge in [0.1, 0.15) is 6.04 Å². The van der Waals surface area contributed by atoms with Crippen LogP contribution in [-0.4, -0.2) is 99.5 Å². The summed E-state index contributed by atoms with van der Waals surface area (Å²) in [6.45, 7) is 5.54. The summed E-state index contributed by atoms with van der Waals surface area (Å²) in [5, 5.41) is 17.5. The molecule has 0 saturated carbocycles. The van der Waals surface area contributed by atoms with Crippen LogP contribution in [0.2, 0.25) is 0 Å². The Morgan fingerprint density at radius 2 is 1.75 bits per heavy atom. The van der Waals surface area contributed by atoms with Crippen molar-refractivity contribution in [1.29, 1.82) is 0 Å². The van der Waals surface area contributed by atoms with Gasteiger partial charge in [-0.05, 0) is 39.3 Å². The van der Waals surface area contributed by atoms with Crippen molar-refractivity contribution in [3.05, 3.63) is 42.1 Å². The molecule has 2 N–H and O–H groups in total. The lowest BCUT2D eigenvalue weighted by Gasteiger charge is -2.35. The number of carbonyl (C=O) groups excluding carboxylic acids is 4. The SMILES string of the molecule is CCOC(=O)ON1CCN(C(=O)C(CCC(=O)O)NC(=O)c2cc(O[C@@H](C)C(C)=O)n(-c3ccccc3)n2)CC1. The number of ether oxygens (including phenoxy) is 2. The molecule has 1 aromatic heterocycles. The van der Waals surface area contributed by atoms with Crippen molar-refractivity contribution in [3.63, 3.8) is 0 Å². The Kier molecular flexibility index (Phi) is 10.6. The van der Waals surface area contributed by atoms with Crippen LogP contribution in [0.1, 0.15) is 44.1 Å². The maximum absolute atomic E-state index is 13.3. The number of carboxylic acid groups (broad SMARTS) is 1. The number of piperazine rings is 1. The molecule has 2 heterocycles. The summed E-state index contributed by atoms with van der Waals surface area (Å²) < 4.78 is 11.9. The summed E-state index contributed by atoms with van der Waals surface area (Å²) in [5.41, 5.74) is 0.490. The van der Waals surface area contributed by atoms with E-state index in [1.165, 1.54) is 27.6 Å². The van der Waals surface area contributed by atoms with Gasteiger partial charge < -0.3 is 29.6 Å². The molecule has 2 amide bonds. The predicted molar refractivity (Wildman–Crippen MR) is 139 cm³/mol. The third-order valence-corrected chi connectivity index (χ3v) is 6.05. The molecular formula is C26H33N5O9. The molecule has 216 valence electrons. The number of amides is 2. The smallest absolute Gasteiger partial charge is 0.481 e. The number of rotatable bonds is 12. The number of Topliss-reactive ketones (excluding diaryl/α,β-unsaturated/α-hetero) is 1. The Labute approximate surface area is 230 Å². The van der Waals surface area contributed by atoms with Crippen molar-refractivity contribution in [3.8, 4) is 11.6 Å². The average molecular weight is 560 g/mol. The van der Waals surface area contributed by atoms with Gasteiger partial charge in [0, 0.05) is 25.6 Å².